The normalized spacial score (nSPS) is 20.3. The Bertz CT molecular complexity index is 370. The van der Waals surface area contributed by atoms with Gasteiger partial charge in [0.2, 0.25) is 5.90 Å². The molecular weight excluding hydrogens is 301 g/mol. The molecule has 0 fully saturated rings. The van der Waals surface area contributed by atoms with E-state index in [0.717, 1.165) is 18.1 Å². The van der Waals surface area contributed by atoms with Crippen LogP contribution >= 0.6 is 22.6 Å². The third-order valence-corrected chi connectivity index (χ3v) is 3.25. The summed E-state index contributed by atoms with van der Waals surface area (Å²) in [5.41, 5.74) is 1.08. The summed E-state index contributed by atoms with van der Waals surface area (Å²) in [5.74, 6) is 1.34. The molecule has 2 rings (SSSR count). The number of rotatable bonds is 2. The monoisotopic (exact) mass is 315 g/mol. The number of hydrogen-bond acceptors (Lipinski definition) is 2. The second-order valence-electron chi connectivity index (χ2n) is 4.06. The molecule has 3 heteroatoms. The zero-order valence-corrected chi connectivity index (χ0v) is 11.1. The van der Waals surface area contributed by atoms with Crippen LogP contribution in [0.1, 0.15) is 19.4 Å². The maximum atomic E-state index is 5.60. The van der Waals surface area contributed by atoms with Crippen LogP contribution < -0.4 is 0 Å². The van der Waals surface area contributed by atoms with Crippen LogP contribution in [0, 0.1) is 9.49 Å². The fourth-order valence-electron chi connectivity index (χ4n) is 1.48. The van der Waals surface area contributed by atoms with Gasteiger partial charge in [0, 0.05) is 9.13 Å². The predicted octanol–water partition coefficient (Wildman–Crippen LogP) is 3.09. The Kier molecular flexibility index (Phi) is 3.29. The van der Waals surface area contributed by atoms with E-state index in [1.807, 2.05) is 0 Å². The van der Waals surface area contributed by atoms with Crippen LogP contribution in [0.2, 0.25) is 0 Å². The van der Waals surface area contributed by atoms with E-state index in [0.29, 0.717) is 12.0 Å². The van der Waals surface area contributed by atoms with E-state index in [2.05, 4.69) is 65.7 Å². The van der Waals surface area contributed by atoms with Crippen molar-refractivity contribution in [2.45, 2.75) is 19.9 Å². The van der Waals surface area contributed by atoms with Crippen molar-refractivity contribution in [2.75, 3.05) is 6.61 Å². The minimum absolute atomic E-state index is 0.319. The fraction of sp³-hybridized carbons (Fsp3) is 0.417. The number of aliphatic imine (C=N–C) groups is 1. The molecule has 0 bridgehead atoms. The van der Waals surface area contributed by atoms with Gasteiger partial charge in [0.15, 0.2) is 0 Å². The highest BCUT2D eigenvalue weighted by Crippen LogP contribution is 2.18. The van der Waals surface area contributed by atoms with E-state index < -0.39 is 0 Å². The molecule has 0 aromatic heterocycles. The average molecular weight is 315 g/mol. The Balaban J connectivity index is 2.19. The minimum Gasteiger partial charge on any atom is -0.475 e. The molecule has 80 valence electrons. The SMILES string of the molecule is CC(C)C1COC(c2ccc(I)cc2)=N1. The molecule has 1 aliphatic rings. The Morgan fingerprint density at radius 2 is 2.00 bits per heavy atom. The minimum atomic E-state index is 0.319. The summed E-state index contributed by atoms with van der Waals surface area (Å²) in [4.78, 5) is 4.58. The van der Waals surface area contributed by atoms with E-state index >= 15 is 0 Å². The number of benzene rings is 1. The number of ether oxygens (including phenoxy) is 1. The molecule has 1 heterocycles. The molecule has 1 aromatic rings. The van der Waals surface area contributed by atoms with Crippen molar-refractivity contribution in [2.24, 2.45) is 10.9 Å². The lowest BCUT2D eigenvalue weighted by Crippen LogP contribution is -2.13. The first-order valence-electron chi connectivity index (χ1n) is 5.13. The van der Waals surface area contributed by atoms with Crippen LogP contribution in [-0.2, 0) is 4.74 Å². The van der Waals surface area contributed by atoms with Crippen molar-refractivity contribution in [3.05, 3.63) is 33.4 Å². The Hall–Kier alpha value is -0.580. The van der Waals surface area contributed by atoms with E-state index in [4.69, 9.17) is 4.74 Å². The molecule has 1 aliphatic heterocycles. The van der Waals surface area contributed by atoms with Crippen LogP contribution in [0.5, 0.6) is 0 Å². The molecule has 2 nitrogen and oxygen atoms in total. The summed E-state index contributed by atoms with van der Waals surface area (Å²) < 4.78 is 6.83. The first-order valence-corrected chi connectivity index (χ1v) is 6.21. The Morgan fingerprint density at radius 1 is 1.33 bits per heavy atom. The maximum Gasteiger partial charge on any atom is 0.216 e. The van der Waals surface area contributed by atoms with Gasteiger partial charge in [0.25, 0.3) is 0 Å². The molecule has 0 N–H and O–H groups in total. The average Bonchev–Trinajstić information content (AvgIpc) is 2.68. The molecule has 0 saturated carbocycles. The van der Waals surface area contributed by atoms with E-state index in [9.17, 15) is 0 Å². The first-order chi connectivity index (χ1) is 7.16. The summed E-state index contributed by atoms with van der Waals surface area (Å²) in [6.45, 7) is 5.07. The van der Waals surface area contributed by atoms with Crippen LogP contribution in [0.25, 0.3) is 0 Å². The van der Waals surface area contributed by atoms with Gasteiger partial charge in [-0.3, -0.25) is 0 Å². The highest BCUT2D eigenvalue weighted by Gasteiger charge is 2.22. The lowest BCUT2D eigenvalue weighted by atomic mass is 10.1. The summed E-state index contributed by atoms with van der Waals surface area (Å²) >= 11 is 2.29. The largest absolute Gasteiger partial charge is 0.475 e. The summed E-state index contributed by atoms with van der Waals surface area (Å²) in [6, 6.07) is 8.58. The van der Waals surface area contributed by atoms with Gasteiger partial charge >= 0.3 is 0 Å². The van der Waals surface area contributed by atoms with Gasteiger partial charge in [-0.25, -0.2) is 4.99 Å². The van der Waals surface area contributed by atoms with Crippen molar-refractivity contribution in [3.8, 4) is 0 Å². The van der Waals surface area contributed by atoms with Gasteiger partial charge in [-0.1, -0.05) is 13.8 Å². The van der Waals surface area contributed by atoms with Gasteiger partial charge in [-0.2, -0.15) is 0 Å². The standard InChI is InChI=1S/C12H14INO/c1-8(2)11-7-15-12(14-11)9-3-5-10(13)6-4-9/h3-6,8,11H,7H2,1-2H3. The highest BCUT2D eigenvalue weighted by molar-refractivity contribution is 14.1. The first kappa shape index (κ1) is 10.9. The fourth-order valence-corrected chi connectivity index (χ4v) is 1.84. The molecule has 15 heavy (non-hydrogen) atoms. The third kappa shape index (κ3) is 2.51. The van der Waals surface area contributed by atoms with Crippen molar-refractivity contribution in [1.29, 1.82) is 0 Å². The molecule has 0 saturated heterocycles. The summed E-state index contributed by atoms with van der Waals surface area (Å²) in [7, 11) is 0. The quantitative estimate of drug-likeness (QED) is 0.769. The number of halogens is 1. The van der Waals surface area contributed by atoms with Crippen molar-refractivity contribution in [1.82, 2.24) is 0 Å². The molecule has 1 atom stereocenters. The van der Waals surface area contributed by atoms with Gasteiger partial charge in [-0.05, 0) is 52.8 Å². The summed E-state index contributed by atoms with van der Waals surface area (Å²) in [5, 5.41) is 0. The van der Waals surface area contributed by atoms with E-state index in [1.54, 1.807) is 0 Å². The lowest BCUT2D eigenvalue weighted by Gasteiger charge is -2.06. The zero-order chi connectivity index (χ0) is 10.8. The molecular formula is C12H14INO. The van der Waals surface area contributed by atoms with E-state index in [-0.39, 0.29) is 0 Å². The zero-order valence-electron chi connectivity index (χ0n) is 8.90. The molecule has 0 amide bonds. The van der Waals surface area contributed by atoms with Crippen molar-refractivity contribution < 1.29 is 4.74 Å². The van der Waals surface area contributed by atoms with Gasteiger partial charge in [0.1, 0.15) is 6.61 Å². The molecule has 1 unspecified atom stereocenters. The van der Waals surface area contributed by atoms with Gasteiger partial charge < -0.3 is 4.74 Å². The number of nitrogens with zero attached hydrogens (tertiary/aromatic N) is 1. The van der Waals surface area contributed by atoms with Crippen LogP contribution in [0.3, 0.4) is 0 Å². The highest BCUT2D eigenvalue weighted by atomic mass is 127. The molecule has 0 aliphatic carbocycles. The van der Waals surface area contributed by atoms with Crippen molar-refractivity contribution >= 4 is 28.5 Å². The van der Waals surface area contributed by atoms with Crippen LogP contribution in [0.15, 0.2) is 29.3 Å². The van der Waals surface area contributed by atoms with Crippen LogP contribution in [-0.4, -0.2) is 18.5 Å². The molecule has 0 spiro atoms. The molecule has 0 radical (unpaired) electrons. The van der Waals surface area contributed by atoms with Gasteiger partial charge in [0.05, 0.1) is 6.04 Å². The number of hydrogen-bond donors (Lipinski definition) is 0. The van der Waals surface area contributed by atoms with Gasteiger partial charge in [-0.15, -0.1) is 0 Å². The second-order valence-corrected chi connectivity index (χ2v) is 5.31. The second kappa shape index (κ2) is 4.51. The lowest BCUT2D eigenvalue weighted by molar-refractivity contribution is 0.292. The summed E-state index contributed by atoms with van der Waals surface area (Å²) in [6.07, 6.45) is 0. The topological polar surface area (TPSA) is 21.6 Å². The Morgan fingerprint density at radius 3 is 2.53 bits per heavy atom. The van der Waals surface area contributed by atoms with Crippen LogP contribution in [0.4, 0.5) is 0 Å². The van der Waals surface area contributed by atoms with Crippen molar-refractivity contribution in [3.63, 3.8) is 0 Å². The third-order valence-electron chi connectivity index (χ3n) is 2.53. The van der Waals surface area contributed by atoms with E-state index in [1.165, 1.54) is 3.57 Å². The maximum absolute atomic E-state index is 5.60. The Labute approximate surface area is 104 Å². The molecule has 1 aromatic carbocycles. The smallest absolute Gasteiger partial charge is 0.216 e. The predicted molar refractivity (Wildman–Crippen MR) is 70.3 cm³/mol.